The molecule has 4 heteroatoms. The molecule has 1 rings (SSSR count). The van der Waals surface area contributed by atoms with E-state index in [1.807, 2.05) is 0 Å². The van der Waals surface area contributed by atoms with Crippen LogP contribution in [0.2, 0.25) is 0 Å². The molecule has 14 heavy (non-hydrogen) atoms. The molecule has 1 N–H and O–H groups in total. The topological polar surface area (TPSA) is 30.5 Å². The van der Waals surface area contributed by atoms with E-state index >= 15 is 0 Å². The van der Waals surface area contributed by atoms with Crippen molar-refractivity contribution in [2.24, 2.45) is 0 Å². The first kappa shape index (κ1) is 10.8. The minimum Gasteiger partial charge on any atom is -0.494 e. The van der Waals surface area contributed by atoms with Crippen LogP contribution in [0.25, 0.3) is 0 Å². The molecule has 0 saturated carbocycles. The second-order valence-electron chi connectivity index (χ2n) is 2.77. The second kappa shape index (κ2) is 5.44. The molecule has 0 aliphatic carbocycles. The van der Waals surface area contributed by atoms with Crippen molar-refractivity contribution in [1.82, 2.24) is 0 Å². The lowest BCUT2D eigenvalue weighted by Gasteiger charge is -2.07. The van der Waals surface area contributed by atoms with Crippen molar-refractivity contribution in [3.8, 4) is 5.75 Å². The number of hydrogen-bond donors (Lipinski definition) is 1. The third-order valence-corrected chi connectivity index (χ3v) is 1.79. The quantitative estimate of drug-likeness (QED) is 0.734. The molecule has 0 spiro atoms. The van der Waals surface area contributed by atoms with Gasteiger partial charge in [0, 0.05) is 25.4 Å². The van der Waals surface area contributed by atoms with E-state index in [4.69, 9.17) is 9.47 Å². The zero-order valence-corrected chi connectivity index (χ0v) is 8.34. The van der Waals surface area contributed by atoms with Crippen LogP contribution in [0.15, 0.2) is 18.2 Å². The SMILES string of the molecule is COCCNc1ccc(F)c(OC)c1. The second-order valence-corrected chi connectivity index (χ2v) is 2.77. The summed E-state index contributed by atoms with van der Waals surface area (Å²) in [7, 11) is 3.07. The van der Waals surface area contributed by atoms with Crippen LogP contribution in [0, 0.1) is 5.82 Å². The van der Waals surface area contributed by atoms with E-state index in [0.29, 0.717) is 13.2 Å². The van der Waals surface area contributed by atoms with Crippen LogP contribution in [-0.2, 0) is 4.74 Å². The Balaban J connectivity index is 2.60. The summed E-state index contributed by atoms with van der Waals surface area (Å²) in [5.74, 6) is -0.114. The lowest BCUT2D eigenvalue weighted by molar-refractivity contribution is 0.211. The molecule has 0 amide bonds. The minimum atomic E-state index is -0.357. The highest BCUT2D eigenvalue weighted by atomic mass is 19.1. The normalized spacial score (nSPS) is 9.93. The molecule has 0 saturated heterocycles. The maximum atomic E-state index is 13.0. The molecule has 0 radical (unpaired) electrons. The molecule has 0 aliphatic rings. The van der Waals surface area contributed by atoms with Crippen LogP contribution in [0.5, 0.6) is 5.75 Å². The summed E-state index contributed by atoms with van der Waals surface area (Å²) in [6.45, 7) is 1.30. The fraction of sp³-hybridized carbons (Fsp3) is 0.400. The Kier molecular flexibility index (Phi) is 4.19. The first-order valence-electron chi connectivity index (χ1n) is 4.34. The van der Waals surface area contributed by atoms with Gasteiger partial charge < -0.3 is 14.8 Å². The highest BCUT2D eigenvalue weighted by molar-refractivity contribution is 5.48. The van der Waals surface area contributed by atoms with E-state index < -0.39 is 0 Å². The number of ether oxygens (including phenoxy) is 2. The Morgan fingerprint density at radius 3 is 2.79 bits per heavy atom. The van der Waals surface area contributed by atoms with Crippen LogP contribution < -0.4 is 10.1 Å². The van der Waals surface area contributed by atoms with Gasteiger partial charge in [-0.05, 0) is 12.1 Å². The Labute approximate surface area is 82.8 Å². The van der Waals surface area contributed by atoms with Crippen molar-refractivity contribution < 1.29 is 13.9 Å². The van der Waals surface area contributed by atoms with E-state index in [2.05, 4.69) is 5.32 Å². The van der Waals surface area contributed by atoms with Gasteiger partial charge in [0.25, 0.3) is 0 Å². The maximum Gasteiger partial charge on any atom is 0.165 e. The van der Waals surface area contributed by atoms with Gasteiger partial charge in [0.1, 0.15) is 0 Å². The Morgan fingerprint density at radius 2 is 2.14 bits per heavy atom. The van der Waals surface area contributed by atoms with Crippen molar-refractivity contribution in [3.05, 3.63) is 24.0 Å². The molecular weight excluding hydrogens is 185 g/mol. The third-order valence-electron chi connectivity index (χ3n) is 1.79. The lowest BCUT2D eigenvalue weighted by Crippen LogP contribution is -2.07. The van der Waals surface area contributed by atoms with E-state index in [-0.39, 0.29) is 11.6 Å². The van der Waals surface area contributed by atoms with Gasteiger partial charge in [0.2, 0.25) is 0 Å². The Hall–Kier alpha value is -1.29. The van der Waals surface area contributed by atoms with E-state index in [1.54, 1.807) is 19.2 Å². The first-order chi connectivity index (χ1) is 6.77. The van der Waals surface area contributed by atoms with Crippen LogP contribution in [0.3, 0.4) is 0 Å². The molecule has 0 atom stereocenters. The summed E-state index contributed by atoms with van der Waals surface area (Å²) in [5.41, 5.74) is 0.820. The Bertz CT molecular complexity index is 291. The molecule has 0 aromatic heterocycles. The third kappa shape index (κ3) is 2.88. The number of rotatable bonds is 5. The number of benzene rings is 1. The summed E-state index contributed by atoms with van der Waals surface area (Å²) < 4.78 is 22.7. The summed E-state index contributed by atoms with van der Waals surface area (Å²) in [5, 5.41) is 3.08. The van der Waals surface area contributed by atoms with E-state index in [1.165, 1.54) is 13.2 Å². The van der Waals surface area contributed by atoms with Crippen molar-refractivity contribution in [1.29, 1.82) is 0 Å². The molecular formula is C10H14FNO2. The largest absolute Gasteiger partial charge is 0.494 e. The van der Waals surface area contributed by atoms with Gasteiger partial charge >= 0.3 is 0 Å². The predicted molar refractivity (Wildman–Crippen MR) is 53.3 cm³/mol. The summed E-state index contributed by atoms with van der Waals surface area (Å²) in [4.78, 5) is 0. The molecule has 1 aromatic rings. The zero-order valence-electron chi connectivity index (χ0n) is 8.34. The van der Waals surface area contributed by atoms with Gasteiger partial charge in [-0.15, -0.1) is 0 Å². The van der Waals surface area contributed by atoms with Gasteiger partial charge in [-0.25, -0.2) is 4.39 Å². The molecule has 3 nitrogen and oxygen atoms in total. The summed E-state index contributed by atoms with van der Waals surface area (Å²) in [6.07, 6.45) is 0. The Morgan fingerprint density at radius 1 is 1.36 bits per heavy atom. The monoisotopic (exact) mass is 199 g/mol. The van der Waals surface area contributed by atoms with Gasteiger partial charge in [-0.2, -0.15) is 0 Å². The fourth-order valence-electron chi connectivity index (χ4n) is 1.07. The molecule has 0 bridgehead atoms. The lowest BCUT2D eigenvalue weighted by atomic mass is 10.3. The van der Waals surface area contributed by atoms with Crippen LogP contribution in [0.1, 0.15) is 0 Å². The minimum absolute atomic E-state index is 0.243. The first-order valence-corrected chi connectivity index (χ1v) is 4.34. The molecule has 1 aromatic carbocycles. The van der Waals surface area contributed by atoms with Crippen LogP contribution in [-0.4, -0.2) is 27.4 Å². The number of methoxy groups -OCH3 is 2. The van der Waals surface area contributed by atoms with E-state index in [0.717, 1.165) is 5.69 Å². The average molecular weight is 199 g/mol. The maximum absolute atomic E-state index is 13.0. The highest BCUT2D eigenvalue weighted by Gasteiger charge is 2.02. The fourth-order valence-corrected chi connectivity index (χ4v) is 1.07. The highest BCUT2D eigenvalue weighted by Crippen LogP contribution is 2.20. The number of anilines is 1. The molecule has 78 valence electrons. The van der Waals surface area contributed by atoms with Gasteiger partial charge in [0.15, 0.2) is 11.6 Å². The molecule has 0 unspecified atom stereocenters. The molecule has 0 heterocycles. The van der Waals surface area contributed by atoms with E-state index in [9.17, 15) is 4.39 Å². The number of nitrogens with one attached hydrogen (secondary N) is 1. The van der Waals surface area contributed by atoms with Crippen molar-refractivity contribution in [2.75, 3.05) is 32.7 Å². The standard InChI is InChI=1S/C10H14FNO2/c1-13-6-5-12-8-3-4-9(11)10(7-8)14-2/h3-4,7,12H,5-6H2,1-2H3. The number of halogens is 1. The van der Waals surface area contributed by atoms with Crippen LogP contribution >= 0.6 is 0 Å². The predicted octanol–water partition coefficient (Wildman–Crippen LogP) is 1.89. The number of hydrogen-bond acceptors (Lipinski definition) is 3. The van der Waals surface area contributed by atoms with Gasteiger partial charge in [-0.3, -0.25) is 0 Å². The average Bonchev–Trinajstić information content (AvgIpc) is 2.21. The van der Waals surface area contributed by atoms with Gasteiger partial charge in [0.05, 0.1) is 13.7 Å². The summed E-state index contributed by atoms with van der Waals surface area (Å²) in [6, 6.07) is 4.65. The smallest absolute Gasteiger partial charge is 0.165 e. The summed E-state index contributed by atoms with van der Waals surface area (Å²) >= 11 is 0. The molecule has 0 fully saturated rings. The van der Waals surface area contributed by atoms with Crippen LogP contribution in [0.4, 0.5) is 10.1 Å². The molecule has 0 aliphatic heterocycles. The van der Waals surface area contributed by atoms with Crippen molar-refractivity contribution in [2.45, 2.75) is 0 Å². The zero-order chi connectivity index (χ0) is 10.4. The van der Waals surface area contributed by atoms with Crippen molar-refractivity contribution >= 4 is 5.69 Å². The van der Waals surface area contributed by atoms with Gasteiger partial charge in [-0.1, -0.05) is 0 Å². The van der Waals surface area contributed by atoms with Crippen molar-refractivity contribution in [3.63, 3.8) is 0 Å².